The molecule has 3 N–H and O–H groups in total. The van der Waals surface area contributed by atoms with Gasteiger partial charge in [-0.1, -0.05) is 25.7 Å². The third kappa shape index (κ3) is 4.11. The molecule has 0 saturated heterocycles. The number of carbonyl (C=O) groups is 2. The fraction of sp³-hybridized carbons (Fsp3) is 0.857. The zero-order chi connectivity index (χ0) is 13.7. The number of carbonyl (C=O) groups excluding carboxylic acids is 1. The summed E-state index contributed by atoms with van der Waals surface area (Å²) in [7, 11) is 0. The molecule has 2 rings (SSSR count). The number of amides is 2. The van der Waals surface area contributed by atoms with Crippen molar-refractivity contribution in [1.82, 2.24) is 10.6 Å². The molecule has 2 saturated carbocycles. The Balaban J connectivity index is 1.83. The van der Waals surface area contributed by atoms with Crippen LogP contribution in [0, 0.1) is 5.92 Å². The van der Waals surface area contributed by atoms with E-state index in [0.717, 1.165) is 38.6 Å². The van der Waals surface area contributed by atoms with Crippen molar-refractivity contribution in [3.05, 3.63) is 0 Å². The summed E-state index contributed by atoms with van der Waals surface area (Å²) in [6, 6.07) is -0.199. The molecule has 0 aromatic rings. The first-order valence-corrected chi connectivity index (χ1v) is 7.37. The monoisotopic (exact) mass is 268 g/mol. The van der Waals surface area contributed by atoms with Gasteiger partial charge in [0.05, 0.1) is 12.0 Å². The van der Waals surface area contributed by atoms with Gasteiger partial charge in [-0.15, -0.1) is 0 Å². The molecule has 19 heavy (non-hydrogen) atoms. The molecule has 108 valence electrons. The molecule has 2 aliphatic rings. The molecule has 0 atom stereocenters. The second kappa shape index (κ2) is 6.26. The molecule has 0 aliphatic heterocycles. The number of rotatable bonds is 5. The molecular weight excluding hydrogens is 244 g/mol. The Bertz CT molecular complexity index is 334. The summed E-state index contributed by atoms with van der Waals surface area (Å²) < 4.78 is 0. The maximum Gasteiger partial charge on any atom is 0.315 e. The van der Waals surface area contributed by atoms with Gasteiger partial charge in [0.1, 0.15) is 0 Å². The van der Waals surface area contributed by atoms with Gasteiger partial charge in [0.2, 0.25) is 0 Å². The molecule has 0 heterocycles. The van der Waals surface area contributed by atoms with Crippen molar-refractivity contribution in [3.63, 3.8) is 0 Å². The minimum absolute atomic E-state index is 0.0316. The van der Waals surface area contributed by atoms with Gasteiger partial charge in [-0.05, 0) is 31.6 Å². The molecular formula is C14H24N2O3. The van der Waals surface area contributed by atoms with Crippen LogP contribution in [0.25, 0.3) is 0 Å². The molecule has 0 radical (unpaired) electrons. The third-order valence-corrected chi connectivity index (χ3v) is 4.46. The lowest BCUT2D eigenvalue weighted by atomic mass is 9.79. The largest absolute Gasteiger partial charge is 0.481 e. The summed E-state index contributed by atoms with van der Waals surface area (Å²) in [6.45, 7) is 0.717. The molecule has 2 fully saturated rings. The van der Waals surface area contributed by atoms with Crippen LogP contribution in [-0.2, 0) is 4.79 Å². The number of nitrogens with one attached hydrogen (secondary N) is 2. The molecule has 0 aromatic carbocycles. The topological polar surface area (TPSA) is 78.4 Å². The highest BCUT2D eigenvalue weighted by Crippen LogP contribution is 2.31. The Hall–Kier alpha value is -1.26. The van der Waals surface area contributed by atoms with Crippen LogP contribution in [0.5, 0.6) is 0 Å². The van der Waals surface area contributed by atoms with E-state index in [-0.39, 0.29) is 12.5 Å². The van der Waals surface area contributed by atoms with E-state index >= 15 is 0 Å². The van der Waals surface area contributed by atoms with Crippen molar-refractivity contribution in [2.24, 2.45) is 5.92 Å². The van der Waals surface area contributed by atoms with E-state index in [1.807, 2.05) is 0 Å². The van der Waals surface area contributed by atoms with Crippen molar-refractivity contribution < 1.29 is 14.7 Å². The lowest BCUT2D eigenvalue weighted by molar-refractivity contribution is -0.139. The molecule has 2 aliphatic carbocycles. The third-order valence-electron chi connectivity index (χ3n) is 4.46. The minimum Gasteiger partial charge on any atom is -0.481 e. The van der Waals surface area contributed by atoms with Crippen molar-refractivity contribution in [3.8, 4) is 0 Å². The van der Waals surface area contributed by atoms with Gasteiger partial charge >= 0.3 is 12.0 Å². The average molecular weight is 268 g/mol. The number of carboxylic acids is 1. The quantitative estimate of drug-likeness (QED) is 0.715. The highest BCUT2D eigenvalue weighted by molar-refractivity contribution is 5.76. The smallest absolute Gasteiger partial charge is 0.315 e. The van der Waals surface area contributed by atoms with E-state index in [2.05, 4.69) is 10.6 Å². The van der Waals surface area contributed by atoms with Crippen LogP contribution in [0.4, 0.5) is 4.79 Å². The van der Waals surface area contributed by atoms with E-state index in [1.54, 1.807) is 0 Å². The Labute approximate surface area is 114 Å². The number of aliphatic carboxylic acids is 1. The highest BCUT2D eigenvalue weighted by atomic mass is 16.4. The zero-order valence-electron chi connectivity index (χ0n) is 11.4. The minimum atomic E-state index is -0.832. The van der Waals surface area contributed by atoms with E-state index in [1.165, 1.54) is 19.3 Å². The van der Waals surface area contributed by atoms with Gasteiger partial charge in [-0.25, -0.2) is 4.79 Å². The van der Waals surface area contributed by atoms with Crippen molar-refractivity contribution in [2.45, 2.75) is 63.3 Å². The Morgan fingerprint density at radius 3 is 2.32 bits per heavy atom. The van der Waals surface area contributed by atoms with E-state index in [9.17, 15) is 9.59 Å². The summed E-state index contributed by atoms with van der Waals surface area (Å²) in [5.41, 5.74) is -0.534. The summed E-state index contributed by atoms with van der Waals surface area (Å²) in [5.74, 6) is -0.214. The van der Waals surface area contributed by atoms with Crippen LogP contribution in [-0.4, -0.2) is 29.2 Å². The molecule has 0 spiro atoms. The Morgan fingerprint density at radius 2 is 1.79 bits per heavy atom. The fourth-order valence-corrected chi connectivity index (χ4v) is 3.08. The van der Waals surface area contributed by atoms with Crippen LogP contribution in [0.15, 0.2) is 0 Å². The number of carboxylic acid groups (broad SMARTS) is 1. The summed E-state index contributed by atoms with van der Waals surface area (Å²) in [6.07, 6.45) is 8.35. The summed E-state index contributed by atoms with van der Waals surface area (Å²) in [4.78, 5) is 22.9. The van der Waals surface area contributed by atoms with Crippen LogP contribution in [0.3, 0.4) is 0 Å². The Kier molecular flexibility index (Phi) is 4.66. The standard InChI is InChI=1S/C14H24N2O3/c17-12(18)9-14(7-2-1-3-8-14)16-13(19)15-10-11-5-4-6-11/h11H,1-10H2,(H,17,18)(H2,15,16,19). The van der Waals surface area contributed by atoms with E-state index < -0.39 is 11.5 Å². The van der Waals surface area contributed by atoms with Crippen molar-refractivity contribution in [1.29, 1.82) is 0 Å². The normalized spacial score (nSPS) is 22.3. The average Bonchev–Trinajstić information content (AvgIpc) is 2.26. The maximum absolute atomic E-state index is 11.9. The van der Waals surface area contributed by atoms with Crippen LogP contribution in [0.2, 0.25) is 0 Å². The molecule has 2 amide bonds. The second-order valence-corrected chi connectivity index (χ2v) is 6.04. The molecule has 5 nitrogen and oxygen atoms in total. The lowest BCUT2D eigenvalue weighted by Gasteiger charge is -2.37. The zero-order valence-corrected chi connectivity index (χ0v) is 11.4. The fourth-order valence-electron chi connectivity index (χ4n) is 3.08. The molecule has 0 unspecified atom stereocenters. The van der Waals surface area contributed by atoms with Crippen LogP contribution >= 0.6 is 0 Å². The number of hydrogen-bond donors (Lipinski definition) is 3. The van der Waals surface area contributed by atoms with Gasteiger partial charge in [-0.3, -0.25) is 4.79 Å². The van der Waals surface area contributed by atoms with Crippen molar-refractivity contribution >= 4 is 12.0 Å². The lowest BCUT2D eigenvalue weighted by Crippen LogP contribution is -2.54. The molecule has 0 bridgehead atoms. The first kappa shape index (κ1) is 14.2. The van der Waals surface area contributed by atoms with Crippen molar-refractivity contribution in [2.75, 3.05) is 6.54 Å². The van der Waals surface area contributed by atoms with Gasteiger partial charge in [0.25, 0.3) is 0 Å². The van der Waals surface area contributed by atoms with Gasteiger partial charge in [-0.2, -0.15) is 0 Å². The summed E-state index contributed by atoms with van der Waals surface area (Å²) in [5, 5.41) is 14.9. The van der Waals surface area contributed by atoms with Gasteiger partial charge in [0.15, 0.2) is 0 Å². The van der Waals surface area contributed by atoms with Crippen LogP contribution < -0.4 is 10.6 Å². The highest BCUT2D eigenvalue weighted by Gasteiger charge is 2.35. The summed E-state index contributed by atoms with van der Waals surface area (Å²) >= 11 is 0. The van der Waals surface area contributed by atoms with E-state index in [4.69, 9.17) is 5.11 Å². The molecule has 5 heteroatoms. The van der Waals surface area contributed by atoms with E-state index in [0.29, 0.717) is 5.92 Å². The molecule has 0 aromatic heterocycles. The van der Waals surface area contributed by atoms with Gasteiger partial charge < -0.3 is 15.7 Å². The first-order valence-electron chi connectivity index (χ1n) is 7.37. The second-order valence-electron chi connectivity index (χ2n) is 6.04. The Morgan fingerprint density at radius 1 is 1.11 bits per heavy atom. The van der Waals surface area contributed by atoms with Gasteiger partial charge in [0, 0.05) is 6.54 Å². The number of hydrogen-bond acceptors (Lipinski definition) is 2. The SMILES string of the molecule is O=C(O)CC1(NC(=O)NCC2CCC2)CCCCC1. The predicted molar refractivity (Wildman–Crippen MR) is 71.9 cm³/mol. The predicted octanol–water partition coefficient (Wildman–Crippen LogP) is 2.26. The first-order chi connectivity index (χ1) is 9.10. The van der Waals surface area contributed by atoms with Crippen LogP contribution in [0.1, 0.15) is 57.8 Å². The maximum atomic E-state index is 11.9. The number of urea groups is 1.